The maximum atomic E-state index is 12.4. The lowest BCUT2D eigenvalue weighted by molar-refractivity contribution is -0.137. The van der Waals surface area contributed by atoms with Gasteiger partial charge in [0.25, 0.3) is 0 Å². The second-order valence-electron chi connectivity index (χ2n) is 4.50. The first kappa shape index (κ1) is 16.5. The van der Waals surface area contributed by atoms with E-state index in [0.29, 0.717) is 19.5 Å². The predicted octanol–water partition coefficient (Wildman–Crippen LogP) is 2.88. The van der Waals surface area contributed by atoms with Gasteiger partial charge in [0, 0.05) is 25.6 Å². The molecule has 0 heterocycles. The van der Waals surface area contributed by atoms with Gasteiger partial charge < -0.3 is 10.6 Å². The van der Waals surface area contributed by atoms with E-state index in [9.17, 15) is 18.0 Å². The first-order valence-electron chi connectivity index (χ1n) is 6.51. The molecule has 0 radical (unpaired) electrons. The molecule has 0 bridgehead atoms. The van der Waals surface area contributed by atoms with Gasteiger partial charge in [0.1, 0.15) is 0 Å². The van der Waals surface area contributed by atoms with E-state index in [0.717, 1.165) is 17.7 Å². The van der Waals surface area contributed by atoms with Crippen LogP contribution >= 0.6 is 0 Å². The zero-order chi connectivity index (χ0) is 15.2. The van der Waals surface area contributed by atoms with Crippen molar-refractivity contribution < 1.29 is 18.0 Å². The Kier molecular flexibility index (Phi) is 6.01. The van der Waals surface area contributed by atoms with Crippen LogP contribution in [0, 0.1) is 0 Å². The molecule has 2 N–H and O–H groups in total. The summed E-state index contributed by atoms with van der Waals surface area (Å²) >= 11 is 0. The van der Waals surface area contributed by atoms with Crippen molar-refractivity contribution in [2.45, 2.75) is 32.5 Å². The summed E-state index contributed by atoms with van der Waals surface area (Å²) in [4.78, 5) is 11.2. The number of carbonyl (C=O) groups excluding carboxylic acids is 1. The molecule has 0 saturated carbocycles. The number of rotatable bonds is 6. The van der Waals surface area contributed by atoms with Crippen molar-refractivity contribution >= 4 is 5.91 Å². The molecule has 0 fully saturated rings. The van der Waals surface area contributed by atoms with Gasteiger partial charge in [-0.15, -0.1) is 0 Å². The normalized spacial score (nSPS) is 13.1. The molecule has 1 aromatic rings. The van der Waals surface area contributed by atoms with Crippen molar-refractivity contribution in [1.82, 2.24) is 10.6 Å². The topological polar surface area (TPSA) is 41.1 Å². The van der Waals surface area contributed by atoms with Crippen LogP contribution in [0.1, 0.15) is 37.4 Å². The van der Waals surface area contributed by atoms with Crippen LogP contribution in [0.2, 0.25) is 0 Å². The van der Waals surface area contributed by atoms with E-state index in [2.05, 4.69) is 10.6 Å². The van der Waals surface area contributed by atoms with E-state index in [1.54, 1.807) is 0 Å². The second kappa shape index (κ2) is 7.28. The Hall–Kier alpha value is -1.56. The summed E-state index contributed by atoms with van der Waals surface area (Å²) in [6.07, 6.45) is -3.97. The van der Waals surface area contributed by atoms with Gasteiger partial charge in [-0.2, -0.15) is 13.2 Å². The molecule has 3 nitrogen and oxygen atoms in total. The zero-order valence-electron chi connectivity index (χ0n) is 11.6. The first-order chi connectivity index (χ1) is 9.34. The molecule has 1 atom stereocenters. The average molecular weight is 288 g/mol. The summed E-state index contributed by atoms with van der Waals surface area (Å²) in [7, 11) is 0. The minimum absolute atomic E-state index is 0.0420. The zero-order valence-corrected chi connectivity index (χ0v) is 11.6. The van der Waals surface area contributed by atoms with Crippen molar-refractivity contribution in [3.8, 4) is 0 Å². The summed E-state index contributed by atoms with van der Waals surface area (Å²) in [5.74, 6) is -0.0420. The van der Waals surface area contributed by atoms with Crippen LogP contribution in [-0.4, -0.2) is 19.0 Å². The summed E-state index contributed by atoms with van der Waals surface area (Å²) in [6, 6.07) is 4.93. The number of hydrogen-bond acceptors (Lipinski definition) is 2. The quantitative estimate of drug-likeness (QED) is 0.845. The fourth-order valence-corrected chi connectivity index (χ4v) is 1.77. The molecule has 1 unspecified atom stereocenters. The Balaban J connectivity index is 2.48. The van der Waals surface area contributed by atoms with E-state index in [1.165, 1.54) is 12.1 Å². The highest BCUT2D eigenvalue weighted by atomic mass is 19.4. The molecule has 6 heteroatoms. The molecule has 0 aromatic heterocycles. The molecule has 0 saturated heterocycles. The van der Waals surface area contributed by atoms with Crippen LogP contribution in [0.15, 0.2) is 24.3 Å². The third-order valence-corrected chi connectivity index (χ3v) is 2.91. The molecule has 20 heavy (non-hydrogen) atoms. The van der Waals surface area contributed by atoms with Gasteiger partial charge in [0.05, 0.1) is 5.56 Å². The van der Waals surface area contributed by atoms with Crippen molar-refractivity contribution in [2.24, 2.45) is 0 Å². The van der Waals surface area contributed by atoms with Crippen LogP contribution in [-0.2, 0) is 11.0 Å². The number of hydrogen-bond donors (Lipinski definition) is 2. The maximum Gasteiger partial charge on any atom is 0.416 e. The molecule has 1 amide bonds. The van der Waals surface area contributed by atoms with Gasteiger partial charge >= 0.3 is 6.18 Å². The van der Waals surface area contributed by atoms with Crippen molar-refractivity contribution in [3.63, 3.8) is 0 Å². The molecule has 0 spiro atoms. The lowest BCUT2D eigenvalue weighted by Crippen LogP contribution is -2.28. The lowest BCUT2D eigenvalue weighted by atomic mass is 10.1. The highest BCUT2D eigenvalue weighted by Gasteiger charge is 2.30. The fourth-order valence-electron chi connectivity index (χ4n) is 1.77. The van der Waals surface area contributed by atoms with Crippen molar-refractivity contribution in [3.05, 3.63) is 35.4 Å². The van der Waals surface area contributed by atoms with Gasteiger partial charge in [-0.1, -0.05) is 12.1 Å². The SMILES string of the molecule is CCNC(=O)CCNC(C)c1ccc(C(F)(F)F)cc1. The van der Waals surface area contributed by atoms with Crippen LogP contribution in [0.5, 0.6) is 0 Å². The average Bonchev–Trinajstić information content (AvgIpc) is 2.38. The largest absolute Gasteiger partial charge is 0.416 e. The van der Waals surface area contributed by atoms with Crippen LogP contribution in [0.4, 0.5) is 13.2 Å². The van der Waals surface area contributed by atoms with Crippen molar-refractivity contribution in [2.75, 3.05) is 13.1 Å². The standard InChI is InChI=1S/C14H19F3N2O/c1-3-18-13(20)8-9-19-10(2)11-4-6-12(7-5-11)14(15,16)17/h4-7,10,19H,3,8-9H2,1-2H3,(H,18,20). The highest BCUT2D eigenvalue weighted by Crippen LogP contribution is 2.29. The van der Waals surface area contributed by atoms with E-state index in [1.807, 2.05) is 13.8 Å². The smallest absolute Gasteiger partial charge is 0.356 e. The molecule has 0 aliphatic rings. The minimum atomic E-state index is -4.31. The summed E-state index contributed by atoms with van der Waals surface area (Å²) < 4.78 is 37.3. The molecule has 0 aliphatic carbocycles. The second-order valence-corrected chi connectivity index (χ2v) is 4.50. The Labute approximate surface area is 116 Å². The molecule has 112 valence electrons. The Morgan fingerprint density at radius 3 is 2.35 bits per heavy atom. The third kappa shape index (κ3) is 5.21. The first-order valence-corrected chi connectivity index (χ1v) is 6.51. The van der Waals surface area contributed by atoms with Crippen molar-refractivity contribution in [1.29, 1.82) is 0 Å². The summed E-state index contributed by atoms with van der Waals surface area (Å²) in [5, 5.41) is 5.78. The molecular weight excluding hydrogens is 269 g/mol. The van der Waals surface area contributed by atoms with Gasteiger partial charge in [0.15, 0.2) is 0 Å². The number of amides is 1. The van der Waals surface area contributed by atoms with Gasteiger partial charge in [-0.3, -0.25) is 4.79 Å². The number of carbonyl (C=O) groups is 1. The monoisotopic (exact) mass is 288 g/mol. The molecule has 1 rings (SSSR count). The van der Waals surface area contributed by atoms with Crippen LogP contribution < -0.4 is 10.6 Å². The molecule has 0 aliphatic heterocycles. The molecular formula is C14H19F3N2O. The van der Waals surface area contributed by atoms with E-state index < -0.39 is 11.7 Å². The predicted molar refractivity (Wildman–Crippen MR) is 71.2 cm³/mol. The summed E-state index contributed by atoms with van der Waals surface area (Å²) in [6.45, 7) is 4.76. The number of halogens is 3. The van der Waals surface area contributed by atoms with Crippen LogP contribution in [0.25, 0.3) is 0 Å². The Morgan fingerprint density at radius 2 is 1.85 bits per heavy atom. The van der Waals surface area contributed by atoms with Gasteiger partial charge in [-0.25, -0.2) is 0 Å². The summed E-state index contributed by atoms with van der Waals surface area (Å²) in [5.41, 5.74) is 0.102. The number of alkyl halides is 3. The van der Waals surface area contributed by atoms with E-state index in [-0.39, 0.29) is 11.9 Å². The fraction of sp³-hybridized carbons (Fsp3) is 0.500. The van der Waals surface area contributed by atoms with E-state index in [4.69, 9.17) is 0 Å². The Bertz CT molecular complexity index is 429. The Morgan fingerprint density at radius 1 is 1.25 bits per heavy atom. The maximum absolute atomic E-state index is 12.4. The van der Waals surface area contributed by atoms with Gasteiger partial charge in [0.2, 0.25) is 5.91 Å². The number of nitrogens with one attached hydrogen (secondary N) is 2. The number of benzene rings is 1. The van der Waals surface area contributed by atoms with Gasteiger partial charge in [-0.05, 0) is 31.5 Å². The molecule has 1 aromatic carbocycles. The van der Waals surface area contributed by atoms with Crippen LogP contribution in [0.3, 0.4) is 0 Å². The highest BCUT2D eigenvalue weighted by molar-refractivity contribution is 5.75. The third-order valence-electron chi connectivity index (χ3n) is 2.91. The van der Waals surface area contributed by atoms with E-state index >= 15 is 0 Å². The lowest BCUT2D eigenvalue weighted by Gasteiger charge is -2.15. The minimum Gasteiger partial charge on any atom is -0.356 e.